The molecule has 0 saturated heterocycles. The highest BCUT2D eigenvalue weighted by molar-refractivity contribution is 7.95. The Morgan fingerprint density at radius 2 is 1.03 bits per heavy atom. The van der Waals surface area contributed by atoms with Gasteiger partial charge >= 0.3 is 7.60 Å². The molecule has 3 aromatic carbocycles. The average Bonchev–Trinajstić information content (AvgIpc) is 2.96. The van der Waals surface area contributed by atoms with Gasteiger partial charge in [-0.3, -0.25) is 4.57 Å². The fourth-order valence-corrected chi connectivity index (χ4v) is 11.4. The molecule has 0 heterocycles. The molecule has 39 heavy (non-hydrogen) atoms. The molecule has 0 aromatic heterocycles. The Hall–Kier alpha value is -1.80. The summed E-state index contributed by atoms with van der Waals surface area (Å²) in [6.45, 7) is 9.11. The van der Waals surface area contributed by atoms with Gasteiger partial charge in [0.05, 0.1) is 19.4 Å². The molecular formula is C33H48NO3P2+. The minimum Gasteiger partial charge on any atom is -0.308 e. The van der Waals surface area contributed by atoms with Crippen molar-refractivity contribution in [3.05, 3.63) is 91.0 Å². The third kappa shape index (κ3) is 8.35. The molecule has 6 heteroatoms. The predicted molar refractivity (Wildman–Crippen MR) is 171 cm³/mol. The van der Waals surface area contributed by atoms with Crippen LogP contribution < -0.4 is 21.2 Å². The second kappa shape index (κ2) is 15.8. The number of unbranched alkanes of at least 4 members (excludes halogenated alkanes) is 5. The van der Waals surface area contributed by atoms with Gasteiger partial charge in [-0.2, -0.15) is 0 Å². The lowest BCUT2D eigenvalue weighted by atomic mass is 10.1. The topological polar surface area (TPSA) is 47.6 Å². The minimum absolute atomic E-state index is 0.380. The van der Waals surface area contributed by atoms with Crippen LogP contribution in [0.1, 0.15) is 66.2 Å². The van der Waals surface area contributed by atoms with E-state index < -0.39 is 20.1 Å². The molecule has 212 valence electrons. The second-order valence-corrected chi connectivity index (χ2v) is 16.7. The zero-order valence-electron chi connectivity index (χ0n) is 24.4. The minimum atomic E-state index is -3.19. The van der Waals surface area contributed by atoms with E-state index in [-0.39, 0.29) is 0 Å². The van der Waals surface area contributed by atoms with Gasteiger partial charge in [-0.05, 0) is 89.9 Å². The molecule has 3 rings (SSSR count). The zero-order valence-corrected chi connectivity index (χ0v) is 26.1. The molecular weight excluding hydrogens is 520 g/mol. The molecule has 1 N–H and O–H groups in total. The Labute approximate surface area is 237 Å². The van der Waals surface area contributed by atoms with Gasteiger partial charge in [0.1, 0.15) is 28.5 Å². The maximum atomic E-state index is 13.2. The first-order chi connectivity index (χ1) is 18.9. The quantitative estimate of drug-likeness (QED) is 0.125. The van der Waals surface area contributed by atoms with E-state index in [1.165, 1.54) is 47.8 Å². The fraction of sp³-hybridized carbons (Fsp3) is 0.455. The molecule has 0 aliphatic rings. The van der Waals surface area contributed by atoms with Crippen molar-refractivity contribution >= 4 is 30.8 Å². The third-order valence-electron chi connectivity index (χ3n) is 7.35. The zero-order chi connectivity index (χ0) is 28.0. The van der Waals surface area contributed by atoms with Crippen LogP contribution >= 0.6 is 14.9 Å². The van der Waals surface area contributed by atoms with Crippen molar-refractivity contribution in [2.45, 2.75) is 71.5 Å². The first-order valence-corrected chi connectivity index (χ1v) is 18.1. The van der Waals surface area contributed by atoms with Gasteiger partial charge in [-0.25, -0.2) is 0 Å². The Kier molecular flexibility index (Phi) is 12.9. The maximum Gasteiger partial charge on any atom is 0.349 e. The van der Waals surface area contributed by atoms with E-state index in [0.717, 1.165) is 19.4 Å². The molecule has 0 unspecified atom stereocenters. The molecule has 0 radical (unpaired) electrons. The largest absolute Gasteiger partial charge is 0.349 e. The van der Waals surface area contributed by atoms with Crippen molar-refractivity contribution < 1.29 is 13.6 Å². The molecule has 0 saturated carbocycles. The molecule has 0 fully saturated rings. The third-order valence-corrected chi connectivity index (χ3v) is 14.6. The normalized spacial score (nSPS) is 12.5. The Morgan fingerprint density at radius 1 is 0.641 bits per heavy atom. The van der Waals surface area contributed by atoms with Crippen molar-refractivity contribution in [3.8, 4) is 0 Å². The number of hydrogen-bond donors (Lipinski definition) is 1. The Balaban J connectivity index is 1.55. The Morgan fingerprint density at radius 3 is 1.44 bits per heavy atom. The van der Waals surface area contributed by atoms with Crippen LogP contribution in [0.4, 0.5) is 0 Å². The van der Waals surface area contributed by atoms with Gasteiger partial charge in [0.25, 0.3) is 0 Å². The van der Waals surface area contributed by atoms with Crippen LogP contribution in [0, 0.1) is 0 Å². The lowest BCUT2D eigenvalue weighted by Crippen LogP contribution is -2.40. The van der Waals surface area contributed by atoms with Crippen molar-refractivity contribution in [2.24, 2.45) is 0 Å². The molecule has 0 aliphatic heterocycles. The molecule has 0 atom stereocenters. The van der Waals surface area contributed by atoms with E-state index in [2.05, 4.69) is 96.3 Å². The van der Waals surface area contributed by atoms with Crippen molar-refractivity contribution in [2.75, 3.05) is 25.9 Å². The summed E-state index contributed by atoms with van der Waals surface area (Å²) in [5, 5.41) is 7.14. The highest BCUT2D eigenvalue weighted by Gasteiger charge is 2.44. The van der Waals surface area contributed by atoms with E-state index >= 15 is 0 Å². The first-order valence-electron chi connectivity index (χ1n) is 14.6. The summed E-state index contributed by atoms with van der Waals surface area (Å²) < 4.78 is 24.3. The Bertz CT molecular complexity index is 1020. The lowest BCUT2D eigenvalue weighted by molar-refractivity contribution is 0.193. The summed E-state index contributed by atoms with van der Waals surface area (Å²) in [5.74, 6) is 0. The molecule has 0 aliphatic carbocycles. The van der Waals surface area contributed by atoms with Gasteiger partial charge in [0.15, 0.2) is 0 Å². The van der Waals surface area contributed by atoms with E-state index in [1.54, 1.807) is 0 Å². The van der Waals surface area contributed by atoms with Gasteiger partial charge in [-0.15, -0.1) is 0 Å². The number of nitrogens with one attached hydrogen (secondary N) is 1. The van der Waals surface area contributed by atoms with Gasteiger partial charge < -0.3 is 14.4 Å². The molecule has 4 nitrogen and oxygen atoms in total. The van der Waals surface area contributed by atoms with Crippen molar-refractivity contribution in [1.82, 2.24) is 5.32 Å². The van der Waals surface area contributed by atoms with Gasteiger partial charge in [0, 0.05) is 0 Å². The highest BCUT2D eigenvalue weighted by atomic mass is 31.2. The molecule has 0 amide bonds. The molecule has 0 spiro atoms. The standard InChI is InChI=1S/C33H48NO3P2/c1-5-36-39(35,37-6-2)33(3,4)34-28-20-9-7-8-10-21-29-38(30-22-14-11-15-23-30,31-24-16-12-17-25-31)32-26-18-13-19-27-32/h11-19,22-27,34H,5-10,20-21,28-29H2,1-4H3/q+1. The van der Waals surface area contributed by atoms with Gasteiger partial charge in [0.2, 0.25) is 0 Å². The fourth-order valence-electron chi connectivity index (χ4n) is 5.25. The summed E-state index contributed by atoms with van der Waals surface area (Å²) >= 11 is 0. The highest BCUT2D eigenvalue weighted by Crippen LogP contribution is 2.58. The monoisotopic (exact) mass is 568 g/mol. The summed E-state index contributed by atoms with van der Waals surface area (Å²) in [6.07, 6.45) is 8.29. The molecule has 3 aromatic rings. The molecule has 0 bridgehead atoms. The summed E-state index contributed by atoms with van der Waals surface area (Å²) in [7, 11) is -4.92. The van der Waals surface area contributed by atoms with E-state index in [1.807, 2.05) is 27.7 Å². The summed E-state index contributed by atoms with van der Waals surface area (Å²) in [4.78, 5) is 0. The van der Waals surface area contributed by atoms with Crippen LogP contribution in [0.5, 0.6) is 0 Å². The van der Waals surface area contributed by atoms with Crippen LogP contribution in [0.25, 0.3) is 0 Å². The lowest BCUT2D eigenvalue weighted by Gasteiger charge is -2.33. The summed E-state index contributed by atoms with van der Waals surface area (Å²) in [5.41, 5.74) is 0. The smallest absolute Gasteiger partial charge is 0.308 e. The average molecular weight is 569 g/mol. The first kappa shape index (κ1) is 31.7. The van der Waals surface area contributed by atoms with E-state index in [0.29, 0.717) is 13.2 Å². The van der Waals surface area contributed by atoms with Crippen molar-refractivity contribution in [3.63, 3.8) is 0 Å². The SMILES string of the molecule is CCOP(=O)(OCC)C(C)(C)NCCCCCCCC[P+](c1ccccc1)(c1ccccc1)c1ccccc1. The van der Waals surface area contributed by atoms with Crippen LogP contribution in [0.2, 0.25) is 0 Å². The number of rotatable bonds is 18. The van der Waals surface area contributed by atoms with Crippen LogP contribution in [-0.2, 0) is 13.6 Å². The van der Waals surface area contributed by atoms with Crippen LogP contribution in [0.15, 0.2) is 91.0 Å². The maximum absolute atomic E-state index is 13.2. The second-order valence-electron chi connectivity index (χ2n) is 10.5. The van der Waals surface area contributed by atoms with Crippen LogP contribution in [0.3, 0.4) is 0 Å². The number of benzene rings is 3. The summed E-state index contributed by atoms with van der Waals surface area (Å²) in [6, 6.07) is 33.5. The van der Waals surface area contributed by atoms with E-state index in [9.17, 15) is 4.57 Å². The number of hydrogen-bond acceptors (Lipinski definition) is 4. The van der Waals surface area contributed by atoms with E-state index in [4.69, 9.17) is 9.05 Å². The predicted octanol–water partition coefficient (Wildman–Crippen LogP) is 7.91. The van der Waals surface area contributed by atoms with Gasteiger partial charge in [-0.1, -0.05) is 73.9 Å². The van der Waals surface area contributed by atoms with Crippen molar-refractivity contribution in [1.29, 1.82) is 0 Å². The van der Waals surface area contributed by atoms with Crippen LogP contribution in [-0.4, -0.2) is 31.2 Å².